The van der Waals surface area contributed by atoms with Crippen LogP contribution in [-0.4, -0.2) is 56.2 Å². The van der Waals surface area contributed by atoms with Crippen molar-refractivity contribution < 1.29 is 14.3 Å². The van der Waals surface area contributed by atoms with E-state index in [1.54, 1.807) is 5.38 Å². The summed E-state index contributed by atoms with van der Waals surface area (Å²) in [6.07, 6.45) is -0.279. The van der Waals surface area contributed by atoms with Gasteiger partial charge in [-0.3, -0.25) is 4.79 Å². The summed E-state index contributed by atoms with van der Waals surface area (Å²) in [5.41, 5.74) is 0.426. The molecule has 2 N–H and O–H groups in total. The molecule has 2 heterocycles. The zero-order valence-electron chi connectivity index (χ0n) is 15.4. The Bertz CT molecular complexity index is 579. The smallest absolute Gasteiger partial charge is 0.271 e. The quantitative estimate of drug-likeness (QED) is 0.752. The van der Waals surface area contributed by atoms with Crippen molar-refractivity contribution in [2.24, 2.45) is 0 Å². The molecule has 1 atom stereocenters. The number of aliphatic hydroxyl groups excluding tert-OH is 1. The lowest BCUT2D eigenvalue weighted by atomic mass is 10.2. The minimum absolute atomic E-state index is 0.0670. The second-order valence-electron chi connectivity index (χ2n) is 8.02. The summed E-state index contributed by atoms with van der Waals surface area (Å²) in [4.78, 5) is 18.6. The van der Waals surface area contributed by atoms with Crippen LogP contribution in [0.2, 0.25) is 18.1 Å². The van der Waals surface area contributed by atoms with Gasteiger partial charge in [0, 0.05) is 24.5 Å². The lowest BCUT2D eigenvalue weighted by Gasteiger charge is -2.37. The molecule has 1 aliphatic rings. The highest BCUT2D eigenvalue weighted by atomic mass is 32.1. The first-order valence-corrected chi connectivity index (χ1v) is 12.1. The molecule has 136 valence electrons. The molecule has 24 heavy (non-hydrogen) atoms. The predicted molar refractivity (Wildman–Crippen MR) is 100 cm³/mol. The predicted octanol–water partition coefficient (Wildman–Crippen LogP) is 2.46. The molecule has 1 aromatic heterocycles. The van der Waals surface area contributed by atoms with Gasteiger partial charge in [0.1, 0.15) is 5.69 Å². The van der Waals surface area contributed by atoms with Gasteiger partial charge in [-0.2, -0.15) is 0 Å². The highest BCUT2D eigenvalue weighted by Gasteiger charge is 2.37. The van der Waals surface area contributed by atoms with E-state index >= 15 is 0 Å². The first-order valence-electron chi connectivity index (χ1n) is 8.33. The van der Waals surface area contributed by atoms with Crippen molar-refractivity contribution in [3.05, 3.63) is 11.1 Å². The van der Waals surface area contributed by atoms with Crippen molar-refractivity contribution >= 4 is 30.7 Å². The van der Waals surface area contributed by atoms with Crippen LogP contribution in [0, 0.1) is 0 Å². The van der Waals surface area contributed by atoms with Crippen LogP contribution in [0.1, 0.15) is 38.2 Å². The van der Waals surface area contributed by atoms with Gasteiger partial charge in [-0.1, -0.05) is 20.8 Å². The fourth-order valence-electron chi connectivity index (χ4n) is 2.01. The maximum absolute atomic E-state index is 12.3. The minimum atomic E-state index is -1.81. The molecular weight excluding hydrogens is 342 g/mol. The highest BCUT2D eigenvalue weighted by Crippen LogP contribution is 2.36. The van der Waals surface area contributed by atoms with E-state index in [1.807, 2.05) is 11.8 Å². The number of hydrogen-bond acceptors (Lipinski definition) is 6. The van der Waals surface area contributed by atoms with Gasteiger partial charge in [0.05, 0.1) is 12.7 Å². The number of amides is 1. The van der Waals surface area contributed by atoms with E-state index in [2.05, 4.69) is 44.2 Å². The molecular formula is C16H29N3O3SSi. The summed E-state index contributed by atoms with van der Waals surface area (Å²) < 4.78 is 6.14. The summed E-state index contributed by atoms with van der Waals surface area (Å²) in [5, 5.41) is 15.0. The van der Waals surface area contributed by atoms with Gasteiger partial charge in [0.15, 0.2) is 13.4 Å². The van der Waals surface area contributed by atoms with E-state index in [0.29, 0.717) is 25.4 Å². The van der Waals surface area contributed by atoms with E-state index < -0.39 is 8.32 Å². The normalized spacial score (nSPS) is 17.5. The van der Waals surface area contributed by atoms with E-state index in [9.17, 15) is 9.90 Å². The molecule has 0 aliphatic carbocycles. The molecule has 1 amide bonds. The topological polar surface area (TPSA) is 74.7 Å². The maximum atomic E-state index is 12.3. The van der Waals surface area contributed by atoms with Crippen molar-refractivity contribution in [1.82, 2.24) is 10.3 Å². The Morgan fingerprint density at radius 3 is 2.71 bits per heavy atom. The molecule has 0 spiro atoms. The highest BCUT2D eigenvalue weighted by molar-refractivity contribution is 7.14. The standard InChI is InChI=1S/C16H29N3O3SSi/c1-11(9-22-24(5,6)16(2,3)4)17-14(21)13-10-23-15(18-13)19-7-12(20)8-19/h10-12,20H,7-9H2,1-6H3,(H,17,21). The fraction of sp³-hybridized carbons (Fsp3) is 0.750. The summed E-state index contributed by atoms with van der Waals surface area (Å²) in [7, 11) is -1.81. The van der Waals surface area contributed by atoms with Crippen LogP contribution in [0.3, 0.4) is 0 Å². The zero-order valence-corrected chi connectivity index (χ0v) is 17.2. The second kappa shape index (κ2) is 7.11. The SMILES string of the molecule is CC(CO[Si](C)(C)C(C)(C)C)NC(=O)c1csc(N2CC(O)C2)n1. The number of anilines is 1. The summed E-state index contributed by atoms with van der Waals surface area (Å²) >= 11 is 1.43. The summed E-state index contributed by atoms with van der Waals surface area (Å²) in [6, 6.07) is -0.0670. The lowest BCUT2D eigenvalue weighted by molar-refractivity contribution is 0.0920. The Balaban J connectivity index is 1.83. The molecule has 1 aliphatic heterocycles. The maximum Gasteiger partial charge on any atom is 0.271 e. The third-order valence-corrected chi connectivity index (χ3v) is 10.1. The molecule has 2 rings (SSSR count). The molecule has 1 saturated heterocycles. The van der Waals surface area contributed by atoms with Gasteiger partial charge < -0.3 is 19.7 Å². The average molecular weight is 372 g/mol. The second-order valence-corrected chi connectivity index (χ2v) is 13.7. The summed E-state index contributed by atoms with van der Waals surface area (Å²) in [6.45, 7) is 14.6. The summed E-state index contributed by atoms with van der Waals surface area (Å²) in [5.74, 6) is -0.176. The van der Waals surface area contributed by atoms with Gasteiger partial charge in [-0.15, -0.1) is 11.3 Å². The van der Waals surface area contributed by atoms with Crippen molar-refractivity contribution in [3.8, 4) is 0 Å². The van der Waals surface area contributed by atoms with Crippen LogP contribution in [0.15, 0.2) is 5.38 Å². The largest absolute Gasteiger partial charge is 0.415 e. The number of nitrogens with one attached hydrogen (secondary N) is 1. The lowest BCUT2D eigenvalue weighted by Crippen LogP contribution is -2.50. The molecule has 1 aromatic rings. The average Bonchev–Trinajstić information content (AvgIpc) is 2.90. The van der Waals surface area contributed by atoms with Crippen LogP contribution in [0.25, 0.3) is 0 Å². The van der Waals surface area contributed by atoms with Crippen molar-refractivity contribution in [1.29, 1.82) is 0 Å². The third kappa shape index (κ3) is 4.56. The molecule has 1 unspecified atom stereocenters. The Hall–Kier alpha value is -0.963. The number of aromatic nitrogens is 1. The molecule has 0 saturated carbocycles. The Kier molecular flexibility index (Phi) is 5.74. The number of β-amino-alcohol motifs (C(OH)–C–C–N with tert-alkyl or cyclic N) is 1. The zero-order chi connectivity index (χ0) is 18.1. The minimum Gasteiger partial charge on any atom is -0.415 e. The fourth-order valence-corrected chi connectivity index (χ4v) is 3.94. The van der Waals surface area contributed by atoms with Crippen LogP contribution < -0.4 is 10.2 Å². The van der Waals surface area contributed by atoms with Crippen molar-refractivity contribution in [2.75, 3.05) is 24.6 Å². The van der Waals surface area contributed by atoms with E-state index in [-0.39, 0.29) is 23.1 Å². The molecule has 0 radical (unpaired) electrons. The van der Waals surface area contributed by atoms with Gasteiger partial charge in [-0.25, -0.2) is 4.98 Å². The first-order chi connectivity index (χ1) is 11.0. The number of rotatable bonds is 6. The van der Waals surface area contributed by atoms with E-state index in [4.69, 9.17) is 4.43 Å². The van der Waals surface area contributed by atoms with Gasteiger partial charge in [-0.05, 0) is 25.1 Å². The van der Waals surface area contributed by atoms with E-state index in [1.165, 1.54) is 11.3 Å². The molecule has 6 nitrogen and oxygen atoms in total. The number of aliphatic hydroxyl groups is 1. The molecule has 8 heteroatoms. The van der Waals surface area contributed by atoms with Gasteiger partial charge >= 0.3 is 0 Å². The number of carbonyl (C=O) groups is 1. The van der Waals surface area contributed by atoms with Crippen LogP contribution in [-0.2, 0) is 4.43 Å². The molecule has 1 fully saturated rings. The Morgan fingerprint density at radius 1 is 1.54 bits per heavy atom. The third-order valence-electron chi connectivity index (χ3n) is 4.74. The molecule has 0 aromatic carbocycles. The number of nitrogens with zero attached hydrogens (tertiary/aromatic N) is 2. The first kappa shape index (κ1) is 19.4. The monoisotopic (exact) mass is 371 g/mol. The van der Waals surface area contributed by atoms with Crippen molar-refractivity contribution in [2.45, 2.75) is 58.0 Å². The number of thiazole rings is 1. The van der Waals surface area contributed by atoms with Crippen LogP contribution in [0.5, 0.6) is 0 Å². The Morgan fingerprint density at radius 2 is 2.17 bits per heavy atom. The number of carbonyl (C=O) groups excluding carboxylic acids is 1. The van der Waals surface area contributed by atoms with Gasteiger partial charge in [0.25, 0.3) is 5.91 Å². The van der Waals surface area contributed by atoms with Crippen LogP contribution >= 0.6 is 11.3 Å². The molecule has 0 bridgehead atoms. The Labute approximate surface area is 149 Å². The number of hydrogen-bond donors (Lipinski definition) is 2. The van der Waals surface area contributed by atoms with Gasteiger partial charge in [0.2, 0.25) is 0 Å². The van der Waals surface area contributed by atoms with Crippen LogP contribution in [0.4, 0.5) is 5.13 Å². The van der Waals surface area contributed by atoms with E-state index in [0.717, 1.165) is 5.13 Å². The van der Waals surface area contributed by atoms with Crippen molar-refractivity contribution in [3.63, 3.8) is 0 Å².